The minimum atomic E-state index is -0.643. The van der Waals surface area contributed by atoms with E-state index < -0.39 is 4.92 Å². The minimum Gasteiger partial charge on any atom is -0.303 e. The number of nitrogens with two attached hydrogens (primary N) is 1. The minimum absolute atomic E-state index is 0.0158. The van der Waals surface area contributed by atoms with Gasteiger partial charge in [-0.15, -0.1) is 0 Å². The van der Waals surface area contributed by atoms with E-state index in [-0.39, 0.29) is 17.3 Å². The van der Waals surface area contributed by atoms with E-state index in [1.165, 1.54) is 10.9 Å². The SMILES string of the molecule is Cc1nn(-c2ncnc(NN)c2[N+](=O)[O-])cc1Cl. The van der Waals surface area contributed by atoms with E-state index in [9.17, 15) is 10.1 Å². The van der Waals surface area contributed by atoms with Crippen molar-refractivity contribution < 1.29 is 4.92 Å². The van der Waals surface area contributed by atoms with Crippen molar-refractivity contribution in [2.75, 3.05) is 5.43 Å². The number of rotatable bonds is 3. The molecule has 2 heterocycles. The molecular weight excluding hydrogens is 262 g/mol. The molecule has 0 saturated heterocycles. The number of nitro groups is 1. The van der Waals surface area contributed by atoms with Crippen LogP contribution in [0.25, 0.3) is 5.82 Å². The predicted molar refractivity (Wildman–Crippen MR) is 63.4 cm³/mol. The second-order valence-corrected chi connectivity index (χ2v) is 3.71. The Morgan fingerprint density at radius 2 is 2.28 bits per heavy atom. The van der Waals surface area contributed by atoms with E-state index in [0.29, 0.717) is 10.7 Å². The van der Waals surface area contributed by atoms with Crippen LogP contribution in [0.2, 0.25) is 5.02 Å². The number of hydrazine groups is 1. The molecule has 2 aromatic heterocycles. The number of nitrogens with one attached hydrogen (secondary N) is 1. The number of anilines is 1. The van der Waals surface area contributed by atoms with Crippen LogP contribution < -0.4 is 11.3 Å². The lowest BCUT2D eigenvalue weighted by Gasteiger charge is -2.04. The van der Waals surface area contributed by atoms with Crippen LogP contribution in [0.3, 0.4) is 0 Å². The summed E-state index contributed by atoms with van der Waals surface area (Å²) in [7, 11) is 0. The molecule has 9 nitrogen and oxygen atoms in total. The fraction of sp³-hybridized carbons (Fsp3) is 0.125. The summed E-state index contributed by atoms with van der Waals surface area (Å²) in [6.45, 7) is 1.67. The first-order valence-corrected chi connectivity index (χ1v) is 5.10. The van der Waals surface area contributed by atoms with Gasteiger partial charge in [0.2, 0.25) is 11.6 Å². The van der Waals surface area contributed by atoms with Crippen molar-refractivity contribution in [3.8, 4) is 5.82 Å². The van der Waals surface area contributed by atoms with Crippen LogP contribution in [-0.2, 0) is 0 Å². The van der Waals surface area contributed by atoms with Gasteiger partial charge in [0.15, 0.2) is 0 Å². The van der Waals surface area contributed by atoms with Crippen molar-refractivity contribution in [3.05, 3.63) is 33.4 Å². The third-order valence-electron chi connectivity index (χ3n) is 2.18. The van der Waals surface area contributed by atoms with Gasteiger partial charge in [-0.3, -0.25) is 10.1 Å². The molecule has 0 saturated carbocycles. The summed E-state index contributed by atoms with van der Waals surface area (Å²) in [6.07, 6.45) is 2.56. The molecule has 0 bridgehead atoms. The highest BCUT2D eigenvalue weighted by molar-refractivity contribution is 6.31. The Labute approximate surface area is 106 Å². The topological polar surface area (TPSA) is 125 Å². The Morgan fingerprint density at radius 1 is 1.56 bits per heavy atom. The number of halogens is 1. The number of aromatic nitrogens is 4. The molecule has 0 amide bonds. The summed E-state index contributed by atoms with van der Waals surface area (Å²) in [5, 5.41) is 15.4. The molecular formula is C8H8ClN7O2. The third kappa shape index (κ3) is 1.96. The molecule has 0 unspecified atom stereocenters. The molecule has 0 radical (unpaired) electrons. The molecule has 0 aliphatic carbocycles. The van der Waals surface area contributed by atoms with Crippen LogP contribution in [0.4, 0.5) is 11.5 Å². The van der Waals surface area contributed by atoms with Gasteiger partial charge in [0.1, 0.15) is 6.33 Å². The molecule has 0 aromatic carbocycles. The van der Waals surface area contributed by atoms with Gasteiger partial charge in [-0.05, 0) is 6.92 Å². The molecule has 94 valence electrons. The fourth-order valence-electron chi connectivity index (χ4n) is 1.36. The van der Waals surface area contributed by atoms with Gasteiger partial charge >= 0.3 is 5.69 Å². The number of nitrogens with zero attached hydrogens (tertiary/aromatic N) is 5. The van der Waals surface area contributed by atoms with Gasteiger partial charge in [-0.25, -0.2) is 20.5 Å². The monoisotopic (exact) mass is 269 g/mol. The summed E-state index contributed by atoms with van der Waals surface area (Å²) in [6, 6.07) is 0. The van der Waals surface area contributed by atoms with Crippen LogP contribution >= 0.6 is 11.6 Å². The van der Waals surface area contributed by atoms with Crippen LogP contribution in [0.15, 0.2) is 12.5 Å². The zero-order valence-electron chi connectivity index (χ0n) is 9.16. The maximum Gasteiger partial charge on any atom is 0.356 e. The molecule has 18 heavy (non-hydrogen) atoms. The maximum atomic E-state index is 11.0. The van der Waals surface area contributed by atoms with Gasteiger partial charge in [0.05, 0.1) is 21.8 Å². The van der Waals surface area contributed by atoms with E-state index in [0.717, 1.165) is 6.33 Å². The third-order valence-corrected chi connectivity index (χ3v) is 2.55. The van der Waals surface area contributed by atoms with Crippen LogP contribution in [-0.4, -0.2) is 24.7 Å². The Bertz CT molecular complexity index is 592. The zero-order valence-corrected chi connectivity index (χ0v) is 9.92. The molecule has 0 aliphatic heterocycles. The lowest BCUT2D eigenvalue weighted by atomic mass is 10.4. The highest BCUT2D eigenvalue weighted by atomic mass is 35.5. The summed E-state index contributed by atoms with van der Waals surface area (Å²) in [4.78, 5) is 17.9. The first-order chi connectivity index (χ1) is 8.54. The van der Waals surface area contributed by atoms with E-state index in [4.69, 9.17) is 17.4 Å². The lowest BCUT2D eigenvalue weighted by Crippen LogP contribution is -2.14. The average molecular weight is 270 g/mol. The Morgan fingerprint density at radius 3 is 2.78 bits per heavy atom. The molecule has 3 N–H and O–H groups in total. The second kappa shape index (κ2) is 4.55. The first-order valence-electron chi connectivity index (χ1n) is 4.72. The van der Waals surface area contributed by atoms with E-state index in [1.54, 1.807) is 6.92 Å². The number of aryl methyl sites for hydroxylation is 1. The standard InChI is InChI=1S/C8H8ClN7O2/c1-4-5(9)2-15(14-4)8-6(16(17)18)7(13-10)11-3-12-8/h2-3H,10H2,1H3,(H,11,12,13). The van der Waals surface area contributed by atoms with E-state index in [1.807, 2.05) is 0 Å². The number of nitrogen functional groups attached to an aromatic ring is 1. The number of hydrogen-bond donors (Lipinski definition) is 2. The Balaban J connectivity index is 2.67. The smallest absolute Gasteiger partial charge is 0.303 e. The fourth-order valence-corrected chi connectivity index (χ4v) is 1.49. The predicted octanol–water partition coefficient (Wildman–Crippen LogP) is 0.818. The second-order valence-electron chi connectivity index (χ2n) is 3.30. The normalized spacial score (nSPS) is 10.4. The number of hydrogen-bond acceptors (Lipinski definition) is 7. The Kier molecular flexibility index (Phi) is 3.08. The quantitative estimate of drug-likeness (QED) is 0.480. The van der Waals surface area contributed by atoms with Crippen LogP contribution in [0, 0.1) is 17.0 Å². The van der Waals surface area contributed by atoms with Crippen molar-refractivity contribution >= 4 is 23.1 Å². The molecule has 0 spiro atoms. The highest BCUT2D eigenvalue weighted by Gasteiger charge is 2.24. The molecule has 10 heteroatoms. The summed E-state index contributed by atoms with van der Waals surface area (Å²) in [5.41, 5.74) is 2.30. The highest BCUT2D eigenvalue weighted by Crippen LogP contribution is 2.27. The maximum absolute atomic E-state index is 11.0. The average Bonchev–Trinajstić information content (AvgIpc) is 2.68. The largest absolute Gasteiger partial charge is 0.356 e. The first kappa shape index (κ1) is 12.2. The molecule has 0 aliphatic rings. The molecule has 0 fully saturated rings. The Hall–Kier alpha value is -2.26. The van der Waals surface area contributed by atoms with Gasteiger partial charge in [-0.2, -0.15) is 5.10 Å². The molecule has 2 aromatic rings. The van der Waals surface area contributed by atoms with Gasteiger partial charge in [0, 0.05) is 0 Å². The van der Waals surface area contributed by atoms with E-state index >= 15 is 0 Å². The lowest BCUT2D eigenvalue weighted by molar-refractivity contribution is -0.384. The van der Waals surface area contributed by atoms with Crippen molar-refractivity contribution in [3.63, 3.8) is 0 Å². The van der Waals surface area contributed by atoms with Gasteiger partial charge in [0.25, 0.3) is 0 Å². The van der Waals surface area contributed by atoms with E-state index in [2.05, 4.69) is 20.5 Å². The van der Waals surface area contributed by atoms with Crippen LogP contribution in [0.5, 0.6) is 0 Å². The molecule has 2 rings (SSSR count). The van der Waals surface area contributed by atoms with Crippen molar-refractivity contribution in [2.24, 2.45) is 5.84 Å². The van der Waals surface area contributed by atoms with Crippen molar-refractivity contribution in [1.82, 2.24) is 19.7 Å². The van der Waals surface area contributed by atoms with Crippen molar-refractivity contribution in [2.45, 2.75) is 6.92 Å². The zero-order chi connectivity index (χ0) is 13.3. The summed E-state index contributed by atoms with van der Waals surface area (Å²) in [5.74, 6) is 5.05. The van der Waals surface area contributed by atoms with Gasteiger partial charge in [-0.1, -0.05) is 11.6 Å². The summed E-state index contributed by atoms with van der Waals surface area (Å²) < 4.78 is 1.21. The van der Waals surface area contributed by atoms with Gasteiger partial charge < -0.3 is 5.43 Å². The van der Waals surface area contributed by atoms with Crippen LogP contribution in [0.1, 0.15) is 5.69 Å². The van der Waals surface area contributed by atoms with Crippen molar-refractivity contribution in [1.29, 1.82) is 0 Å². The molecule has 0 atom stereocenters. The summed E-state index contributed by atoms with van der Waals surface area (Å²) >= 11 is 5.85.